The Hall–Kier alpha value is -0.560. The summed E-state index contributed by atoms with van der Waals surface area (Å²) in [6.45, 7) is 3.43. The highest BCUT2D eigenvalue weighted by atomic mass is 14.9. The van der Waals surface area contributed by atoms with Gasteiger partial charge in [0.1, 0.15) is 0 Å². The summed E-state index contributed by atoms with van der Waals surface area (Å²) in [6, 6.07) is 0.634. The molecule has 1 unspecified atom stereocenters. The first-order valence-electron chi connectivity index (χ1n) is 8.00. The van der Waals surface area contributed by atoms with Gasteiger partial charge in [0.25, 0.3) is 0 Å². The van der Waals surface area contributed by atoms with E-state index in [9.17, 15) is 0 Å². The van der Waals surface area contributed by atoms with Gasteiger partial charge in [-0.2, -0.15) is 0 Å². The van der Waals surface area contributed by atoms with Gasteiger partial charge in [0.05, 0.1) is 0 Å². The average molecular weight is 247 g/mol. The van der Waals surface area contributed by atoms with Crippen molar-refractivity contribution < 1.29 is 0 Å². The zero-order chi connectivity index (χ0) is 12.6. The van der Waals surface area contributed by atoms with Crippen molar-refractivity contribution in [1.29, 1.82) is 0 Å². The first kappa shape index (κ1) is 13.9. The zero-order valence-corrected chi connectivity index (χ0v) is 12.0. The first-order chi connectivity index (χ1) is 8.90. The molecule has 1 atom stereocenters. The van der Waals surface area contributed by atoms with Crippen molar-refractivity contribution >= 4 is 0 Å². The highest BCUT2D eigenvalue weighted by Crippen LogP contribution is 2.27. The Kier molecular flexibility index (Phi) is 5.99. The Morgan fingerprint density at radius 1 is 1.06 bits per heavy atom. The molecule has 0 bridgehead atoms. The maximum Gasteiger partial charge on any atom is 0.0316 e. The molecule has 0 aromatic carbocycles. The third-order valence-electron chi connectivity index (χ3n) is 4.27. The highest BCUT2D eigenvalue weighted by Gasteiger charge is 2.17. The Labute approximate surface area is 113 Å². The van der Waals surface area contributed by atoms with Crippen LogP contribution in [0.25, 0.3) is 0 Å². The Morgan fingerprint density at radius 3 is 2.44 bits per heavy atom. The number of hydrogen-bond acceptors (Lipinski definition) is 1. The second kappa shape index (κ2) is 7.78. The minimum Gasteiger partial charge on any atom is -0.310 e. The van der Waals surface area contributed by atoms with E-state index in [0.717, 1.165) is 6.54 Å². The van der Waals surface area contributed by atoms with E-state index in [1.807, 2.05) is 0 Å². The van der Waals surface area contributed by atoms with Crippen LogP contribution in [-0.2, 0) is 0 Å². The molecule has 1 N–H and O–H groups in total. The van der Waals surface area contributed by atoms with Crippen molar-refractivity contribution in [3.63, 3.8) is 0 Å². The number of rotatable bonds is 6. The fourth-order valence-corrected chi connectivity index (χ4v) is 3.18. The van der Waals surface area contributed by atoms with E-state index in [1.54, 1.807) is 11.1 Å². The SMILES string of the molecule is CCCNC(CC1=CCCCC1)C1=CCCCC1. The second-order valence-electron chi connectivity index (χ2n) is 5.84. The Bertz CT molecular complexity index is 301. The van der Waals surface area contributed by atoms with Gasteiger partial charge in [0.2, 0.25) is 0 Å². The molecule has 0 saturated heterocycles. The van der Waals surface area contributed by atoms with Crippen LogP contribution < -0.4 is 5.32 Å². The predicted octanol–water partition coefficient (Wildman–Crippen LogP) is 4.75. The molecule has 0 aromatic rings. The Morgan fingerprint density at radius 2 is 1.83 bits per heavy atom. The lowest BCUT2D eigenvalue weighted by molar-refractivity contribution is 0.512. The van der Waals surface area contributed by atoms with Crippen LogP contribution in [0.15, 0.2) is 23.3 Å². The van der Waals surface area contributed by atoms with Crippen molar-refractivity contribution in [1.82, 2.24) is 5.32 Å². The molecule has 0 spiro atoms. The fraction of sp³-hybridized carbons (Fsp3) is 0.765. The topological polar surface area (TPSA) is 12.0 Å². The minimum atomic E-state index is 0.634. The first-order valence-corrected chi connectivity index (χ1v) is 8.00. The molecule has 0 amide bonds. The number of allylic oxidation sites excluding steroid dienone is 2. The molecule has 0 heterocycles. The lowest BCUT2D eigenvalue weighted by Gasteiger charge is -2.26. The molecule has 1 nitrogen and oxygen atoms in total. The normalized spacial score (nSPS) is 22.3. The lowest BCUT2D eigenvalue weighted by Crippen LogP contribution is -2.33. The highest BCUT2D eigenvalue weighted by molar-refractivity contribution is 5.19. The largest absolute Gasteiger partial charge is 0.310 e. The second-order valence-corrected chi connectivity index (χ2v) is 5.84. The summed E-state index contributed by atoms with van der Waals surface area (Å²) in [7, 11) is 0. The van der Waals surface area contributed by atoms with E-state index in [-0.39, 0.29) is 0 Å². The van der Waals surface area contributed by atoms with E-state index in [4.69, 9.17) is 0 Å². The summed E-state index contributed by atoms with van der Waals surface area (Å²) < 4.78 is 0. The van der Waals surface area contributed by atoms with Crippen LogP contribution in [0, 0.1) is 0 Å². The van der Waals surface area contributed by atoms with Crippen molar-refractivity contribution in [2.24, 2.45) is 0 Å². The monoisotopic (exact) mass is 247 g/mol. The molecule has 2 rings (SSSR count). The van der Waals surface area contributed by atoms with Crippen LogP contribution in [-0.4, -0.2) is 12.6 Å². The van der Waals surface area contributed by atoms with Gasteiger partial charge in [0, 0.05) is 6.04 Å². The fourth-order valence-electron chi connectivity index (χ4n) is 3.18. The van der Waals surface area contributed by atoms with Crippen LogP contribution in [0.1, 0.15) is 71.1 Å². The Balaban J connectivity index is 1.95. The van der Waals surface area contributed by atoms with Gasteiger partial charge in [-0.05, 0) is 70.8 Å². The van der Waals surface area contributed by atoms with Crippen LogP contribution in [0.3, 0.4) is 0 Å². The van der Waals surface area contributed by atoms with Crippen molar-refractivity contribution in [3.8, 4) is 0 Å². The van der Waals surface area contributed by atoms with Gasteiger partial charge in [-0.25, -0.2) is 0 Å². The molecule has 1 heteroatoms. The third kappa shape index (κ3) is 4.28. The van der Waals surface area contributed by atoms with Crippen LogP contribution >= 0.6 is 0 Å². The minimum absolute atomic E-state index is 0.634. The molecular weight excluding hydrogens is 218 g/mol. The molecule has 2 aliphatic carbocycles. The molecule has 0 fully saturated rings. The van der Waals surface area contributed by atoms with Crippen LogP contribution in [0.5, 0.6) is 0 Å². The summed E-state index contributed by atoms with van der Waals surface area (Å²) in [5.74, 6) is 0. The van der Waals surface area contributed by atoms with Crippen molar-refractivity contribution in [3.05, 3.63) is 23.3 Å². The maximum atomic E-state index is 3.78. The third-order valence-corrected chi connectivity index (χ3v) is 4.27. The van der Waals surface area contributed by atoms with E-state index in [2.05, 4.69) is 24.4 Å². The van der Waals surface area contributed by atoms with E-state index in [0.29, 0.717) is 6.04 Å². The van der Waals surface area contributed by atoms with E-state index < -0.39 is 0 Å². The van der Waals surface area contributed by atoms with Gasteiger partial charge >= 0.3 is 0 Å². The van der Waals surface area contributed by atoms with Gasteiger partial charge < -0.3 is 5.32 Å². The summed E-state index contributed by atoms with van der Waals surface area (Å²) >= 11 is 0. The molecule has 102 valence electrons. The van der Waals surface area contributed by atoms with E-state index in [1.165, 1.54) is 64.2 Å². The molecular formula is C17H29N. The van der Waals surface area contributed by atoms with Gasteiger partial charge in [-0.1, -0.05) is 30.2 Å². The predicted molar refractivity (Wildman–Crippen MR) is 79.8 cm³/mol. The molecule has 0 saturated carbocycles. The van der Waals surface area contributed by atoms with Crippen molar-refractivity contribution in [2.45, 2.75) is 77.2 Å². The summed E-state index contributed by atoms with van der Waals surface area (Å²) in [6.07, 6.45) is 18.4. The number of nitrogens with one attached hydrogen (secondary N) is 1. The summed E-state index contributed by atoms with van der Waals surface area (Å²) in [4.78, 5) is 0. The maximum absolute atomic E-state index is 3.78. The van der Waals surface area contributed by atoms with E-state index >= 15 is 0 Å². The van der Waals surface area contributed by atoms with Crippen molar-refractivity contribution in [2.75, 3.05) is 6.54 Å². The molecule has 18 heavy (non-hydrogen) atoms. The molecule has 2 aliphatic rings. The van der Waals surface area contributed by atoms with Gasteiger partial charge in [0.15, 0.2) is 0 Å². The smallest absolute Gasteiger partial charge is 0.0316 e. The standard InChI is InChI=1S/C17H29N/c1-2-13-18-17(16-11-7-4-8-12-16)14-15-9-5-3-6-10-15/h9,11,17-18H,2-8,10,12-14H2,1H3. The van der Waals surface area contributed by atoms with Gasteiger partial charge in [-0.15, -0.1) is 0 Å². The van der Waals surface area contributed by atoms with Gasteiger partial charge in [-0.3, -0.25) is 0 Å². The summed E-state index contributed by atoms with van der Waals surface area (Å²) in [5, 5.41) is 3.78. The molecule has 0 aliphatic heterocycles. The summed E-state index contributed by atoms with van der Waals surface area (Å²) in [5.41, 5.74) is 3.41. The number of hydrogen-bond donors (Lipinski definition) is 1. The average Bonchev–Trinajstić information content (AvgIpc) is 2.45. The zero-order valence-electron chi connectivity index (χ0n) is 12.0. The molecule has 0 radical (unpaired) electrons. The quantitative estimate of drug-likeness (QED) is 0.668. The van der Waals surface area contributed by atoms with Crippen LogP contribution in [0.2, 0.25) is 0 Å². The van der Waals surface area contributed by atoms with Crippen LogP contribution in [0.4, 0.5) is 0 Å². The lowest BCUT2D eigenvalue weighted by atomic mass is 9.87. The molecule has 0 aromatic heterocycles.